The Balaban J connectivity index is 2.05. The summed E-state index contributed by atoms with van der Waals surface area (Å²) in [5, 5.41) is 11.2. The fourth-order valence-electron chi connectivity index (χ4n) is 3.76. The summed E-state index contributed by atoms with van der Waals surface area (Å²) in [6.45, 7) is 3.79. The molecular formula is C22H30N2O8S2. The van der Waals surface area contributed by atoms with Crippen LogP contribution < -0.4 is 15.2 Å². The van der Waals surface area contributed by atoms with Crippen molar-refractivity contribution < 1.29 is 35.6 Å². The molecule has 0 saturated heterocycles. The highest BCUT2D eigenvalue weighted by atomic mass is 32.2. The Hall–Kier alpha value is -2.22. The highest BCUT2D eigenvalue weighted by molar-refractivity contribution is 7.89. The Bertz CT molecular complexity index is 1190. The van der Waals surface area contributed by atoms with Crippen LogP contribution in [0.25, 0.3) is 0 Å². The maximum absolute atomic E-state index is 13.9. The van der Waals surface area contributed by atoms with Gasteiger partial charge >= 0.3 is 0 Å². The van der Waals surface area contributed by atoms with Crippen molar-refractivity contribution in [2.75, 3.05) is 19.6 Å². The largest absolute Gasteiger partial charge is 0.454 e. The van der Waals surface area contributed by atoms with Crippen LogP contribution >= 0.6 is 0 Å². The Morgan fingerprint density at radius 1 is 1.06 bits per heavy atom. The van der Waals surface area contributed by atoms with Crippen molar-refractivity contribution >= 4 is 20.1 Å². The summed E-state index contributed by atoms with van der Waals surface area (Å²) < 4.78 is 67.3. The summed E-state index contributed by atoms with van der Waals surface area (Å²) >= 11 is 0. The van der Waals surface area contributed by atoms with E-state index in [0.29, 0.717) is 17.1 Å². The van der Waals surface area contributed by atoms with Gasteiger partial charge in [-0.05, 0) is 23.6 Å². The minimum atomic E-state index is -4.14. The summed E-state index contributed by atoms with van der Waals surface area (Å²) in [6, 6.07) is 11.9. The van der Waals surface area contributed by atoms with Gasteiger partial charge in [-0.3, -0.25) is 4.18 Å². The fraction of sp³-hybridized carbons (Fsp3) is 0.455. The molecule has 2 aromatic carbocycles. The predicted molar refractivity (Wildman–Crippen MR) is 125 cm³/mol. The lowest BCUT2D eigenvalue weighted by Gasteiger charge is -2.36. The fourth-order valence-corrected chi connectivity index (χ4v) is 6.11. The smallest absolute Gasteiger partial charge is 0.265 e. The van der Waals surface area contributed by atoms with Crippen molar-refractivity contribution in [2.24, 2.45) is 11.7 Å². The van der Waals surface area contributed by atoms with Crippen molar-refractivity contribution in [3.63, 3.8) is 0 Å². The molecular weight excluding hydrogens is 484 g/mol. The summed E-state index contributed by atoms with van der Waals surface area (Å²) in [5.41, 5.74) is 6.32. The number of aliphatic hydroxyl groups is 1. The third kappa shape index (κ3) is 6.46. The zero-order valence-electron chi connectivity index (χ0n) is 19.2. The number of benzene rings is 2. The number of ether oxygens (including phenoxy) is 2. The van der Waals surface area contributed by atoms with Gasteiger partial charge in [-0.15, -0.1) is 0 Å². The van der Waals surface area contributed by atoms with Gasteiger partial charge in [0.15, 0.2) is 11.5 Å². The average molecular weight is 515 g/mol. The molecule has 34 heavy (non-hydrogen) atoms. The van der Waals surface area contributed by atoms with Crippen LogP contribution in [0.1, 0.15) is 31.9 Å². The molecule has 0 fully saturated rings. The van der Waals surface area contributed by atoms with Gasteiger partial charge < -0.3 is 20.3 Å². The molecule has 188 valence electrons. The van der Waals surface area contributed by atoms with E-state index in [2.05, 4.69) is 0 Å². The van der Waals surface area contributed by atoms with E-state index in [4.69, 9.17) is 19.4 Å². The Morgan fingerprint density at radius 3 is 2.32 bits per heavy atom. The summed E-state index contributed by atoms with van der Waals surface area (Å²) in [7, 11) is -8.01. The highest BCUT2D eigenvalue weighted by Gasteiger charge is 2.38. The molecule has 1 heterocycles. The number of sulfonamides is 1. The number of nitrogens with zero attached hydrogens (tertiary/aromatic N) is 1. The zero-order valence-corrected chi connectivity index (χ0v) is 20.8. The minimum absolute atomic E-state index is 0.00186. The van der Waals surface area contributed by atoms with Gasteiger partial charge in [-0.25, -0.2) is 8.42 Å². The Labute approximate surface area is 200 Å². The molecule has 12 heteroatoms. The van der Waals surface area contributed by atoms with Crippen molar-refractivity contribution in [3.8, 4) is 11.5 Å². The van der Waals surface area contributed by atoms with E-state index < -0.39 is 38.5 Å². The molecule has 3 atom stereocenters. The number of aliphatic hydroxyl groups excluding tert-OH is 1. The standard InChI is InChI=1S/C22H30N2O8S2/c1-15(2)13-24(34(28,29)17-9-10-19-20(11-17)31-14-30-19)22(16-7-5-4-6-8-16)18(25)12-21(23)32-33(3,26)27/h4-11,15,18,21-22,25H,12-14,23H2,1-3H3/t18?,21?,22-/m0/s1. The molecule has 3 rings (SSSR count). The van der Waals surface area contributed by atoms with E-state index in [1.54, 1.807) is 30.3 Å². The van der Waals surface area contributed by atoms with E-state index in [0.717, 1.165) is 6.26 Å². The molecule has 3 N–H and O–H groups in total. The molecule has 0 aromatic heterocycles. The molecule has 0 saturated carbocycles. The van der Waals surface area contributed by atoms with Crippen LogP contribution in [0, 0.1) is 5.92 Å². The maximum Gasteiger partial charge on any atom is 0.265 e. The SMILES string of the molecule is CC(C)CN([C@@H](c1ccccc1)C(O)CC(N)OS(C)(=O)=O)S(=O)(=O)c1ccc2c(c1)OCO2. The van der Waals surface area contributed by atoms with Crippen molar-refractivity contribution in [1.29, 1.82) is 0 Å². The van der Waals surface area contributed by atoms with Crippen LogP contribution in [0.4, 0.5) is 0 Å². The van der Waals surface area contributed by atoms with Crippen molar-refractivity contribution in [3.05, 3.63) is 54.1 Å². The van der Waals surface area contributed by atoms with Crippen LogP contribution in [0.5, 0.6) is 11.5 Å². The topological polar surface area (TPSA) is 145 Å². The normalized spacial score (nSPS) is 16.6. The molecule has 0 radical (unpaired) electrons. The van der Waals surface area contributed by atoms with Gasteiger partial charge in [0.25, 0.3) is 10.1 Å². The maximum atomic E-state index is 13.9. The molecule has 10 nitrogen and oxygen atoms in total. The third-order valence-electron chi connectivity index (χ3n) is 5.08. The number of rotatable bonds is 11. The molecule has 1 aliphatic rings. The van der Waals surface area contributed by atoms with E-state index in [-0.39, 0.29) is 30.6 Å². The predicted octanol–water partition coefficient (Wildman–Crippen LogP) is 1.82. The van der Waals surface area contributed by atoms with Gasteiger partial charge in [-0.1, -0.05) is 44.2 Å². The van der Waals surface area contributed by atoms with Gasteiger partial charge in [0, 0.05) is 19.0 Å². The first kappa shape index (κ1) is 26.4. The van der Waals surface area contributed by atoms with E-state index in [9.17, 15) is 21.9 Å². The zero-order chi connectivity index (χ0) is 25.1. The lowest BCUT2D eigenvalue weighted by atomic mass is 9.98. The van der Waals surface area contributed by atoms with Crippen LogP contribution in [-0.4, -0.2) is 58.2 Å². The molecule has 2 aromatic rings. The van der Waals surface area contributed by atoms with Crippen molar-refractivity contribution in [1.82, 2.24) is 4.31 Å². The number of hydrogen-bond acceptors (Lipinski definition) is 9. The lowest BCUT2D eigenvalue weighted by molar-refractivity contribution is 0.0445. The third-order valence-corrected chi connectivity index (χ3v) is 7.52. The minimum Gasteiger partial charge on any atom is -0.454 e. The van der Waals surface area contributed by atoms with E-state index in [1.165, 1.54) is 22.5 Å². The van der Waals surface area contributed by atoms with Gasteiger partial charge in [-0.2, -0.15) is 12.7 Å². The molecule has 1 aliphatic heterocycles. The number of hydrogen-bond donors (Lipinski definition) is 2. The first-order valence-corrected chi connectivity index (χ1v) is 13.9. The summed E-state index contributed by atoms with van der Waals surface area (Å²) in [6.07, 6.45) is -2.20. The quantitative estimate of drug-likeness (QED) is 0.339. The second kappa shape index (κ2) is 10.6. The first-order chi connectivity index (χ1) is 15.9. The highest BCUT2D eigenvalue weighted by Crippen LogP contribution is 2.38. The Kier molecular flexibility index (Phi) is 8.22. The average Bonchev–Trinajstić information content (AvgIpc) is 3.20. The molecule has 0 amide bonds. The van der Waals surface area contributed by atoms with Gasteiger partial charge in [0.05, 0.1) is 23.3 Å². The van der Waals surface area contributed by atoms with Crippen LogP contribution in [0.2, 0.25) is 0 Å². The molecule has 2 unspecified atom stereocenters. The Morgan fingerprint density at radius 2 is 1.71 bits per heavy atom. The van der Waals surface area contributed by atoms with Gasteiger partial charge in [0.2, 0.25) is 16.8 Å². The van der Waals surface area contributed by atoms with E-state index >= 15 is 0 Å². The van der Waals surface area contributed by atoms with Crippen molar-refractivity contribution in [2.45, 2.75) is 43.5 Å². The monoisotopic (exact) mass is 514 g/mol. The summed E-state index contributed by atoms with van der Waals surface area (Å²) in [4.78, 5) is -0.0257. The first-order valence-electron chi connectivity index (χ1n) is 10.7. The number of nitrogens with two attached hydrogens (primary N) is 1. The van der Waals surface area contributed by atoms with Crippen LogP contribution in [0.15, 0.2) is 53.4 Å². The second-order valence-electron chi connectivity index (χ2n) is 8.48. The van der Waals surface area contributed by atoms with Crippen LogP contribution in [-0.2, 0) is 24.3 Å². The molecule has 0 aliphatic carbocycles. The molecule has 0 bridgehead atoms. The summed E-state index contributed by atoms with van der Waals surface area (Å²) in [5.74, 6) is 0.659. The van der Waals surface area contributed by atoms with Gasteiger partial charge in [0.1, 0.15) is 6.23 Å². The molecule has 0 spiro atoms. The number of fused-ring (bicyclic) bond motifs is 1. The lowest BCUT2D eigenvalue weighted by Crippen LogP contribution is -2.45. The van der Waals surface area contributed by atoms with Crippen LogP contribution in [0.3, 0.4) is 0 Å². The van der Waals surface area contributed by atoms with E-state index in [1.807, 2.05) is 13.8 Å². The second-order valence-corrected chi connectivity index (χ2v) is 12.0.